The van der Waals surface area contributed by atoms with Gasteiger partial charge in [0.2, 0.25) is 0 Å². The number of halogens is 1. The molecular weight excluding hydrogens is 312 g/mol. The summed E-state index contributed by atoms with van der Waals surface area (Å²) in [6.45, 7) is 3.86. The smallest absolute Gasteiger partial charge is 0.296 e. The number of hydrogen-bond acceptors (Lipinski definition) is 2. The van der Waals surface area contributed by atoms with Crippen molar-refractivity contribution in [2.24, 2.45) is 0 Å². The highest BCUT2D eigenvalue weighted by Gasteiger charge is 2.20. The van der Waals surface area contributed by atoms with E-state index < -0.39 is 11.7 Å². The minimum atomic E-state index is -0.658. The summed E-state index contributed by atoms with van der Waals surface area (Å²) in [4.78, 5) is 27.7. The quantitative estimate of drug-likeness (QED) is 0.558. The lowest BCUT2D eigenvalue weighted by molar-refractivity contribution is -0.112. The molecule has 23 heavy (non-hydrogen) atoms. The number of carbonyl (C=O) groups is 2. The Morgan fingerprint density at radius 2 is 1.91 bits per heavy atom. The van der Waals surface area contributed by atoms with Gasteiger partial charge in [-0.05, 0) is 43.2 Å². The predicted molar refractivity (Wildman–Crippen MR) is 92.2 cm³/mol. The van der Waals surface area contributed by atoms with Gasteiger partial charge in [0.1, 0.15) is 0 Å². The van der Waals surface area contributed by atoms with Crippen LogP contribution in [-0.4, -0.2) is 16.7 Å². The van der Waals surface area contributed by atoms with E-state index in [-0.39, 0.29) is 0 Å². The third kappa shape index (κ3) is 2.85. The first-order valence-corrected chi connectivity index (χ1v) is 7.53. The molecule has 0 radical (unpaired) electrons. The molecule has 1 amide bonds. The van der Waals surface area contributed by atoms with Crippen molar-refractivity contribution in [3.63, 3.8) is 0 Å². The molecular formula is C18H15ClN2O2. The second-order valence-electron chi connectivity index (χ2n) is 5.42. The summed E-state index contributed by atoms with van der Waals surface area (Å²) in [7, 11) is 0. The second-order valence-corrected chi connectivity index (χ2v) is 5.86. The zero-order valence-electron chi connectivity index (χ0n) is 12.7. The van der Waals surface area contributed by atoms with Crippen LogP contribution in [-0.2, 0) is 4.79 Å². The van der Waals surface area contributed by atoms with Crippen molar-refractivity contribution in [2.45, 2.75) is 13.8 Å². The number of hydrogen-bond donors (Lipinski definition) is 2. The number of fused-ring (bicyclic) bond motifs is 1. The van der Waals surface area contributed by atoms with Crippen LogP contribution in [0, 0.1) is 13.8 Å². The van der Waals surface area contributed by atoms with Crippen LogP contribution < -0.4 is 5.32 Å². The third-order valence-corrected chi connectivity index (χ3v) is 4.18. The first-order valence-electron chi connectivity index (χ1n) is 7.16. The van der Waals surface area contributed by atoms with E-state index in [1.54, 1.807) is 24.3 Å². The largest absolute Gasteiger partial charge is 0.360 e. The van der Waals surface area contributed by atoms with E-state index in [2.05, 4.69) is 10.3 Å². The molecule has 1 aromatic heterocycles. The fraction of sp³-hybridized carbons (Fsp3) is 0.111. The van der Waals surface area contributed by atoms with Gasteiger partial charge in [0.25, 0.3) is 11.7 Å². The number of nitrogens with one attached hydrogen (secondary N) is 2. The maximum absolute atomic E-state index is 12.4. The van der Waals surface area contributed by atoms with Crippen molar-refractivity contribution in [3.8, 4) is 0 Å². The van der Waals surface area contributed by atoms with E-state index in [1.807, 2.05) is 26.0 Å². The SMILES string of the molecule is Cc1cccc(NC(=O)C(=O)c2c[nH]c3cc(Cl)ccc23)c1C. The van der Waals surface area contributed by atoms with Crippen LogP contribution in [0.4, 0.5) is 5.69 Å². The molecule has 3 aromatic rings. The van der Waals surface area contributed by atoms with Crippen molar-refractivity contribution in [3.05, 3.63) is 64.3 Å². The number of carbonyl (C=O) groups excluding carboxylic acids is 2. The summed E-state index contributed by atoms with van der Waals surface area (Å²) in [5.41, 5.74) is 3.70. The molecule has 116 valence electrons. The normalized spacial score (nSPS) is 10.7. The number of amides is 1. The average Bonchev–Trinajstić information content (AvgIpc) is 2.93. The summed E-state index contributed by atoms with van der Waals surface area (Å²) in [5.74, 6) is -1.24. The molecule has 4 nitrogen and oxygen atoms in total. The molecule has 0 spiro atoms. The third-order valence-electron chi connectivity index (χ3n) is 3.95. The fourth-order valence-corrected chi connectivity index (χ4v) is 2.65. The summed E-state index contributed by atoms with van der Waals surface area (Å²) in [5, 5.41) is 3.93. The molecule has 0 aliphatic heterocycles. The molecule has 5 heteroatoms. The molecule has 2 aromatic carbocycles. The minimum Gasteiger partial charge on any atom is -0.360 e. The van der Waals surface area contributed by atoms with Crippen LogP contribution >= 0.6 is 11.6 Å². The summed E-state index contributed by atoms with van der Waals surface area (Å²) >= 11 is 5.93. The Bertz CT molecular complexity index is 928. The number of aromatic amines is 1. The van der Waals surface area contributed by atoms with Gasteiger partial charge in [0.15, 0.2) is 0 Å². The number of benzene rings is 2. The van der Waals surface area contributed by atoms with Crippen LogP contribution in [0.3, 0.4) is 0 Å². The molecule has 2 N–H and O–H groups in total. The van der Waals surface area contributed by atoms with Gasteiger partial charge >= 0.3 is 0 Å². The van der Waals surface area contributed by atoms with Crippen molar-refractivity contribution >= 4 is 39.9 Å². The van der Waals surface area contributed by atoms with Crippen LogP contribution in [0.25, 0.3) is 10.9 Å². The molecule has 0 bridgehead atoms. The predicted octanol–water partition coefficient (Wildman–Crippen LogP) is 4.26. The van der Waals surface area contributed by atoms with Crippen molar-refractivity contribution in [1.29, 1.82) is 0 Å². The van der Waals surface area contributed by atoms with Gasteiger partial charge in [0, 0.05) is 27.8 Å². The lowest BCUT2D eigenvalue weighted by Crippen LogP contribution is -2.23. The highest BCUT2D eigenvalue weighted by atomic mass is 35.5. The Hall–Kier alpha value is -2.59. The molecule has 0 atom stereocenters. The lowest BCUT2D eigenvalue weighted by atomic mass is 10.1. The number of ketones is 1. The van der Waals surface area contributed by atoms with Crippen LogP contribution in [0.2, 0.25) is 5.02 Å². The number of aryl methyl sites for hydroxylation is 1. The van der Waals surface area contributed by atoms with Gasteiger partial charge in [-0.1, -0.05) is 29.8 Å². The zero-order chi connectivity index (χ0) is 16.6. The summed E-state index contributed by atoms with van der Waals surface area (Å²) < 4.78 is 0. The van der Waals surface area contributed by atoms with E-state index in [0.29, 0.717) is 21.7 Å². The van der Waals surface area contributed by atoms with Crippen LogP contribution in [0.15, 0.2) is 42.6 Å². The molecule has 0 unspecified atom stereocenters. The molecule has 1 heterocycles. The Labute approximate surface area is 138 Å². The number of anilines is 1. The standard InChI is InChI=1S/C18H15ClN2O2/c1-10-4-3-5-15(11(10)2)21-18(23)17(22)14-9-20-16-8-12(19)6-7-13(14)16/h3-9,20H,1-2H3,(H,21,23). The van der Waals surface area contributed by atoms with Crippen molar-refractivity contribution in [1.82, 2.24) is 4.98 Å². The van der Waals surface area contributed by atoms with E-state index in [9.17, 15) is 9.59 Å². The summed E-state index contributed by atoms with van der Waals surface area (Å²) in [6, 6.07) is 10.7. The zero-order valence-corrected chi connectivity index (χ0v) is 13.5. The van der Waals surface area contributed by atoms with E-state index >= 15 is 0 Å². The Balaban J connectivity index is 1.90. The average molecular weight is 327 g/mol. The Morgan fingerprint density at radius 1 is 1.13 bits per heavy atom. The first kappa shape index (κ1) is 15.3. The maximum atomic E-state index is 12.4. The van der Waals surface area contributed by atoms with E-state index in [1.165, 1.54) is 6.20 Å². The summed E-state index contributed by atoms with van der Waals surface area (Å²) in [6.07, 6.45) is 1.53. The second kappa shape index (κ2) is 5.89. The monoisotopic (exact) mass is 326 g/mol. The highest BCUT2D eigenvalue weighted by Crippen LogP contribution is 2.23. The van der Waals surface area contributed by atoms with Gasteiger partial charge in [-0.3, -0.25) is 9.59 Å². The van der Waals surface area contributed by atoms with E-state index in [4.69, 9.17) is 11.6 Å². The van der Waals surface area contributed by atoms with Gasteiger partial charge in [-0.2, -0.15) is 0 Å². The molecule has 0 saturated heterocycles. The Morgan fingerprint density at radius 3 is 2.70 bits per heavy atom. The van der Waals surface area contributed by atoms with Crippen LogP contribution in [0.1, 0.15) is 21.5 Å². The Kier molecular flexibility index (Phi) is 3.92. The molecule has 0 fully saturated rings. The first-order chi connectivity index (χ1) is 11.0. The van der Waals surface area contributed by atoms with E-state index in [0.717, 1.165) is 16.6 Å². The highest BCUT2D eigenvalue weighted by molar-refractivity contribution is 6.48. The van der Waals surface area contributed by atoms with Gasteiger partial charge in [-0.15, -0.1) is 0 Å². The number of Topliss-reactive ketones (excluding diaryl/α,β-unsaturated/α-hetero) is 1. The topological polar surface area (TPSA) is 62.0 Å². The van der Waals surface area contributed by atoms with Gasteiger partial charge < -0.3 is 10.3 Å². The number of aromatic nitrogens is 1. The van der Waals surface area contributed by atoms with Gasteiger partial charge in [0.05, 0.1) is 5.56 Å². The molecule has 0 aliphatic rings. The minimum absolute atomic E-state index is 0.333. The molecule has 0 aliphatic carbocycles. The fourth-order valence-electron chi connectivity index (χ4n) is 2.47. The molecule has 0 saturated carbocycles. The lowest BCUT2D eigenvalue weighted by Gasteiger charge is -2.09. The number of rotatable bonds is 3. The van der Waals surface area contributed by atoms with Crippen LogP contribution in [0.5, 0.6) is 0 Å². The van der Waals surface area contributed by atoms with Crippen molar-refractivity contribution < 1.29 is 9.59 Å². The number of H-pyrrole nitrogens is 1. The maximum Gasteiger partial charge on any atom is 0.296 e. The molecule has 3 rings (SSSR count). The van der Waals surface area contributed by atoms with Crippen molar-refractivity contribution in [2.75, 3.05) is 5.32 Å². The van der Waals surface area contributed by atoms with Gasteiger partial charge in [-0.25, -0.2) is 0 Å².